The van der Waals surface area contributed by atoms with Crippen molar-refractivity contribution >= 4 is 11.6 Å². The van der Waals surface area contributed by atoms with Crippen LogP contribution >= 0.6 is 0 Å². The average Bonchev–Trinajstić information content (AvgIpc) is 2.52. The molecule has 0 aliphatic rings. The fourth-order valence-corrected chi connectivity index (χ4v) is 1.99. The van der Waals surface area contributed by atoms with Crippen LogP contribution in [-0.2, 0) is 0 Å². The van der Waals surface area contributed by atoms with Gasteiger partial charge in [-0.25, -0.2) is 9.97 Å². The lowest BCUT2D eigenvalue weighted by molar-refractivity contribution is 0.405. The van der Waals surface area contributed by atoms with Gasteiger partial charge in [0, 0.05) is 25.2 Å². The molecule has 21 heavy (non-hydrogen) atoms. The number of nitrogens with one attached hydrogen (secondary N) is 2. The number of rotatable bonds is 7. The first-order valence-corrected chi connectivity index (χ1v) is 7.20. The van der Waals surface area contributed by atoms with Crippen LogP contribution in [0, 0.1) is 0 Å². The summed E-state index contributed by atoms with van der Waals surface area (Å²) in [6.07, 6.45) is 1.08. The maximum Gasteiger partial charge on any atom is 0.163 e. The summed E-state index contributed by atoms with van der Waals surface area (Å²) in [5.41, 5.74) is 1.02. The molecule has 1 aromatic carbocycles. The highest BCUT2D eigenvalue weighted by Gasteiger charge is 2.05. The third kappa shape index (κ3) is 4.72. The molecule has 2 rings (SSSR count). The van der Waals surface area contributed by atoms with Crippen molar-refractivity contribution in [3.63, 3.8) is 0 Å². The molecule has 0 spiro atoms. The van der Waals surface area contributed by atoms with Gasteiger partial charge in [-0.2, -0.15) is 0 Å². The lowest BCUT2D eigenvalue weighted by atomic mass is 10.2. The van der Waals surface area contributed by atoms with Crippen molar-refractivity contribution in [3.05, 3.63) is 36.4 Å². The molecule has 0 saturated heterocycles. The maximum absolute atomic E-state index is 4.59. The molecule has 0 radical (unpaired) electrons. The first-order valence-electron chi connectivity index (χ1n) is 7.20. The van der Waals surface area contributed by atoms with E-state index in [1.807, 2.05) is 43.4 Å². The molecule has 0 bridgehead atoms. The summed E-state index contributed by atoms with van der Waals surface area (Å²) in [6, 6.07) is 12.0. The van der Waals surface area contributed by atoms with E-state index >= 15 is 0 Å². The van der Waals surface area contributed by atoms with Gasteiger partial charge in [-0.05, 0) is 27.1 Å². The Balaban J connectivity index is 2.11. The van der Waals surface area contributed by atoms with Crippen molar-refractivity contribution < 1.29 is 0 Å². The number of hydrogen-bond acceptors (Lipinski definition) is 5. The van der Waals surface area contributed by atoms with E-state index in [-0.39, 0.29) is 0 Å². The summed E-state index contributed by atoms with van der Waals surface area (Å²) >= 11 is 0. The summed E-state index contributed by atoms with van der Waals surface area (Å²) in [6.45, 7) is 1.95. The second-order valence-electron chi connectivity index (χ2n) is 5.16. The fraction of sp³-hybridized carbons (Fsp3) is 0.375. The molecule has 2 aromatic rings. The van der Waals surface area contributed by atoms with Crippen LogP contribution in [0.25, 0.3) is 11.4 Å². The normalized spacial score (nSPS) is 10.7. The van der Waals surface area contributed by atoms with Crippen molar-refractivity contribution in [3.8, 4) is 11.4 Å². The zero-order valence-corrected chi connectivity index (χ0v) is 12.9. The van der Waals surface area contributed by atoms with E-state index in [0.717, 1.165) is 42.5 Å². The number of aromatic nitrogens is 2. The molecule has 0 unspecified atom stereocenters. The molecule has 2 N–H and O–H groups in total. The zero-order chi connectivity index (χ0) is 15.1. The Hall–Kier alpha value is -2.14. The van der Waals surface area contributed by atoms with E-state index in [2.05, 4.69) is 39.6 Å². The van der Waals surface area contributed by atoms with Gasteiger partial charge in [0.1, 0.15) is 11.6 Å². The Morgan fingerprint density at radius 3 is 2.43 bits per heavy atom. The first-order chi connectivity index (χ1) is 10.2. The Bertz CT molecular complexity index is 554. The van der Waals surface area contributed by atoms with E-state index in [0.29, 0.717) is 0 Å². The molecule has 1 aromatic heterocycles. The SMILES string of the molecule is CNc1cc(NCCCN(C)C)nc(-c2ccccc2)n1. The Morgan fingerprint density at radius 1 is 1.05 bits per heavy atom. The van der Waals surface area contributed by atoms with Crippen molar-refractivity contribution in [2.45, 2.75) is 6.42 Å². The minimum Gasteiger partial charge on any atom is -0.373 e. The molecule has 1 heterocycles. The highest BCUT2D eigenvalue weighted by Crippen LogP contribution is 2.19. The molecule has 0 aliphatic heterocycles. The Kier molecular flexibility index (Phi) is 5.51. The van der Waals surface area contributed by atoms with Crippen LogP contribution in [0.3, 0.4) is 0 Å². The predicted molar refractivity (Wildman–Crippen MR) is 88.7 cm³/mol. The Labute approximate surface area is 126 Å². The van der Waals surface area contributed by atoms with Crippen molar-refractivity contribution in [2.24, 2.45) is 0 Å². The van der Waals surface area contributed by atoms with Crippen molar-refractivity contribution in [1.29, 1.82) is 0 Å². The number of hydrogen-bond donors (Lipinski definition) is 2. The minimum absolute atomic E-state index is 0.734. The standard InChI is InChI=1S/C16H23N5/c1-17-14-12-15(18-10-7-11-21(2)3)20-16(19-14)13-8-5-4-6-9-13/h4-6,8-9,12H,7,10-11H2,1-3H3,(H2,17,18,19,20). The summed E-state index contributed by atoms with van der Waals surface area (Å²) in [5, 5.41) is 6.45. The van der Waals surface area contributed by atoms with E-state index in [9.17, 15) is 0 Å². The first kappa shape index (κ1) is 15.3. The van der Waals surface area contributed by atoms with Crippen molar-refractivity contribution in [1.82, 2.24) is 14.9 Å². The van der Waals surface area contributed by atoms with Crippen LogP contribution in [0.15, 0.2) is 36.4 Å². The molecule has 0 atom stereocenters. The highest BCUT2D eigenvalue weighted by atomic mass is 15.1. The van der Waals surface area contributed by atoms with Crippen LogP contribution in [0.5, 0.6) is 0 Å². The van der Waals surface area contributed by atoms with E-state index in [4.69, 9.17) is 0 Å². The highest BCUT2D eigenvalue weighted by molar-refractivity contribution is 5.61. The van der Waals surface area contributed by atoms with Gasteiger partial charge in [-0.1, -0.05) is 30.3 Å². The lowest BCUT2D eigenvalue weighted by Gasteiger charge is -2.12. The minimum atomic E-state index is 0.734. The molecule has 5 nitrogen and oxygen atoms in total. The largest absolute Gasteiger partial charge is 0.373 e. The average molecular weight is 285 g/mol. The molecule has 0 saturated carbocycles. The topological polar surface area (TPSA) is 53.1 Å². The van der Waals surface area contributed by atoms with Gasteiger partial charge in [-0.3, -0.25) is 0 Å². The van der Waals surface area contributed by atoms with E-state index in [1.54, 1.807) is 0 Å². The van der Waals surface area contributed by atoms with Crippen molar-refractivity contribution in [2.75, 3.05) is 44.9 Å². The monoisotopic (exact) mass is 285 g/mol. The predicted octanol–water partition coefficient (Wildman–Crippen LogP) is 2.55. The summed E-state index contributed by atoms with van der Waals surface area (Å²) in [4.78, 5) is 11.3. The van der Waals surface area contributed by atoms with Crippen LogP contribution < -0.4 is 10.6 Å². The molecule has 0 amide bonds. The van der Waals surface area contributed by atoms with E-state index in [1.165, 1.54) is 0 Å². The smallest absolute Gasteiger partial charge is 0.163 e. The molecule has 0 aliphatic carbocycles. The van der Waals surface area contributed by atoms with Crippen LogP contribution in [0.2, 0.25) is 0 Å². The van der Waals surface area contributed by atoms with Gasteiger partial charge in [0.25, 0.3) is 0 Å². The fourth-order valence-electron chi connectivity index (χ4n) is 1.99. The second-order valence-corrected chi connectivity index (χ2v) is 5.16. The van der Waals surface area contributed by atoms with Crippen LogP contribution in [-0.4, -0.2) is 49.1 Å². The quantitative estimate of drug-likeness (QED) is 0.766. The van der Waals surface area contributed by atoms with Crippen LogP contribution in [0.1, 0.15) is 6.42 Å². The maximum atomic E-state index is 4.59. The second kappa shape index (κ2) is 7.59. The summed E-state index contributed by atoms with van der Waals surface area (Å²) < 4.78 is 0. The molecule has 112 valence electrons. The number of nitrogens with zero attached hydrogens (tertiary/aromatic N) is 3. The van der Waals surface area contributed by atoms with Gasteiger partial charge in [-0.15, -0.1) is 0 Å². The van der Waals surface area contributed by atoms with Gasteiger partial charge in [0.2, 0.25) is 0 Å². The van der Waals surface area contributed by atoms with E-state index < -0.39 is 0 Å². The summed E-state index contributed by atoms with van der Waals surface area (Å²) in [5.74, 6) is 2.41. The van der Waals surface area contributed by atoms with Gasteiger partial charge in [0.05, 0.1) is 0 Å². The van der Waals surface area contributed by atoms with Gasteiger partial charge >= 0.3 is 0 Å². The molecule has 5 heteroatoms. The third-order valence-electron chi connectivity index (χ3n) is 3.10. The van der Waals surface area contributed by atoms with Gasteiger partial charge < -0.3 is 15.5 Å². The third-order valence-corrected chi connectivity index (χ3v) is 3.10. The number of benzene rings is 1. The molecule has 0 fully saturated rings. The van der Waals surface area contributed by atoms with Crippen LogP contribution in [0.4, 0.5) is 11.6 Å². The zero-order valence-electron chi connectivity index (χ0n) is 12.9. The lowest BCUT2D eigenvalue weighted by Crippen LogP contribution is -2.16. The molecular weight excluding hydrogens is 262 g/mol. The Morgan fingerprint density at radius 2 is 1.76 bits per heavy atom. The number of anilines is 2. The molecular formula is C16H23N5. The van der Waals surface area contributed by atoms with Gasteiger partial charge in [0.15, 0.2) is 5.82 Å². The summed E-state index contributed by atoms with van der Waals surface area (Å²) in [7, 11) is 6.03.